The molecule has 1 aromatic heterocycles. The number of hydrogen-bond donors (Lipinski definition) is 3. The van der Waals surface area contributed by atoms with Gasteiger partial charge in [-0.3, -0.25) is 4.79 Å². The van der Waals surface area contributed by atoms with Crippen molar-refractivity contribution in [3.05, 3.63) is 23.9 Å². The molecule has 0 radical (unpaired) electrons. The molecule has 1 aromatic rings. The zero-order valence-corrected chi connectivity index (χ0v) is 9.41. The minimum atomic E-state index is -1.35. The minimum Gasteiger partial charge on any atom is -0.481 e. The average molecular weight is 241 g/mol. The van der Waals surface area contributed by atoms with Crippen LogP contribution in [0.25, 0.3) is 0 Å². The van der Waals surface area contributed by atoms with E-state index in [9.17, 15) is 15.0 Å². The Morgan fingerprint density at radius 2 is 2.18 bits per heavy atom. The summed E-state index contributed by atoms with van der Waals surface area (Å²) in [6.45, 7) is 2.30. The van der Waals surface area contributed by atoms with Crippen molar-refractivity contribution in [1.82, 2.24) is 4.98 Å². The molecule has 2 atom stereocenters. The summed E-state index contributed by atoms with van der Waals surface area (Å²) in [5, 5.41) is 27.6. The second kappa shape index (κ2) is 6.17. The van der Waals surface area contributed by atoms with Crippen molar-refractivity contribution in [2.75, 3.05) is 6.61 Å². The fourth-order valence-electron chi connectivity index (χ4n) is 1.31. The predicted molar refractivity (Wildman–Crippen MR) is 58.6 cm³/mol. The fraction of sp³-hybridized carbons (Fsp3) is 0.455. The van der Waals surface area contributed by atoms with E-state index in [0.717, 1.165) is 0 Å². The van der Waals surface area contributed by atoms with Gasteiger partial charge in [0.25, 0.3) is 0 Å². The Hall–Kier alpha value is -1.66. The number of carbonyl (C=O) groups is 1. The molecule has 1 heterocycles. The molecule has 0 amide bonds. The summed E-state index contributed by atoms with van der Waals surface area (Å²) in [6.07, 6.45) is -1.80. The SMILES string of the molecule is CCOc1ccc(C(O)C(O)CC(=O)O)cn1. The van der Waals surface area contributed by atoms with Crippen LogP contribution in [0.5, 0.6) is 5.88 Å². The van der Waals surface area contributed by atoms with E-state index >= 15 is 0 Å². The molecule has 0 aliphatic rings. The van der Waals surface area contributed by atoms with Gasteiger partial charge in [0.2, 0.25) is 5.88 Å². The summed E-state index contributed by atoms with van der Waals surface area (Å²) in [4.78, 5) is 14.3. The van der Waals surface area contributed by atoms with E-state index in [1.165, 1.54) is 12.3 Å². The first kappa shape index (κ1) is 13.4. The lowest BCUT2D eigenvalue weighted by molar-refractivity contribution is -0.141. The van der Waals surface area contributed by atoms with E-state index in [0.29, 0.717) is 18.1 Å². The Bertz CT molecular complexity index is 365. The number of aromatic nitrogens is 1. The van der Waals surface area contributed by atoms with E-state index in [2.05, 4.69) is 4.98 Å². The fourth-order valence-corrected chi connectivity index (χ4v) is 1.31. The highest BCUT2D eigenvalue weighted by Crippen LogP contribution is 2.19. The minimum absolute atomic E-state index is 0.349. The zero-order valence-electron chi connectivity index (χ0n) is 9.41. The molecule has 0 bridgehead atoms. The highest BCUT2D eigenvalue weighted by Gasteiger charge is 2.21. The van der Waals surface area contributed by atoms with Crippen molar-refractivity contribution >= 4 is 5.97 Å². The predicted octanol–water partition coefficient (Wildman–Crippen LogP) is 0.349. The third-order valence-electron chi connectivity index (χ3n) is 2.14. The number of aliphatic carboxylic acids is 1. The molecule has 94 valence electrons. The van der Waals surface area contributed by atoms with E-state index in [1.807, 2.05) is 6.92 Å². The molecule has 0 saturated carbocycles. The van der Waals surface area contributed by atoms with Crippen LogP contribution in [0.4, 0.5) is 0 Å². The Kier molecular flexibility index (Phi) is 4.86. The molecule has 2 unspecified atom stereocenters. The molecule has 3 N–H and O–H groups in total. The van der Waals surface area contributed by atoms with Gasteiger partial charge in [-0.1, -0.05) is 0 Å². The van der Waals surface area contributed by atoms with E-state index in [1.54, 1.807) is 6.07 Å². The van der Waals surface area contributed by atoms with Crippen LogP contribution in [0.1, 0.15) is 25.0 Å². The lowest BCUT2D eigenvalue weighted by Gasteiger charge is -2.16. The van der Waals surface area contributed by atoms with Gasteiger partial charge in [-0.2, -0.15) is 0 Å². The van der Waals surface area contributed by atoms with Crippen LogP contribution in [0.2, 0.25) is 0 Å². The van der Waals surface area contributed by atoms with Gasteiger partial charge in [0.05, 0.1) is 19.1 Å². The monoisotopic (exact) mass is 241 g/mol. The van der Waals surface area contributed by atoms with E-state index < -0.39 is 24.6 Å². The second-order valence-corrected chi connectivity index (χ2v) is 3.47. The number of ether oxygens (including phenoxy) is 1. The van der Waals surface area contributed by atoms with Crippen LogP contribution >= 0.6 is 0 Å². The summed E-state index contributed by atoms with van der Waals surface area (Å²) in [6, 6.07) is 3.09. The number of rotatable bonds is 6. The average Bonchev–Trinajstić information content (AvgIpc) is 2.28. The second-order valence-electron chi connectivity index (χ2n) is 3.47. The molecule has 6 heteroatoms. The number of pyridine rings is 1. The van der Waals surface area contributed by atoms with Gasteiger partial charge in [-0.25, -0.2) is 4.98 Å². The van der Waals surface area contributed by atoms with Gasteiger partial charge in [0.15, 0.2) is 0 Å². The Morgan fingerprint density at radius 3 is 2.65 bits per heavy atom. The molecule has 17 heavy (non-hydrogen) atoms. The van der Waals surface area contributed by atoms with Crippen LogP contribution in [0.3, 0.4) is 0 Å². The van der Waals surface area contributed by atoms with Crippen molar-refractivity contribution in [1.29, 1.82) is 0 Å². The number of aliphatic hydroxyl groups excluding tert-OH is 2. The smallest absolute Gasteiger partial charge is 0.306 e. The van der Waals surface area contributed by atoms with Crippen LogP contribution in [-0.2, 0) is 4.79 Å². The molecule has 0 saturated heterocycles. The lowest BCUT2D eigenvalue weighted by atomic mass is 10.0. The zero-order chi connectivity index (χ0) is 12.8. The van der Waals surface area contributed by atoms with Crippen molar-refractivity contribution in [2.45, 2.75) is 25.6 Å². The molecular weight excluding hydrogens is 226 g/mol. The highest BCUT2D eigenvalue weighted by atomic mass is 16.5. The van der Waals surface area contributed by atoms with Crippen molar-refractivity contribution in [3.63, 3.8) is 0 Å². The maximum absolute atomic E-state index is 10.4. The quantitative estimate of drug-likeness (QED) is 0.664. The standard InChI is InChI=1S/C11H15NO5/c1-2-17-9-4-3-7(6-12-9)11(16)8(13)5-10(14)15/h3-4,6,8,11,13,16H,2,5H2,1H3,(H,14,15). The number of carboxylic acid groups (broad SMARTS) is 1. The van der Waals surface area contributed by atoms with Crippen molar-refractivity contribution < 1.29 is 24.9 Å². The maximum Gasteiger partial charge on any atom is 0.306 e. The molecule has 1 rings (SSSR count). The first-order valence-electron chi connectivity index (χ1n) is 5.21. The molecular formula is C11H15NO5. The van der Waals surface area contributed by atoms with Gasteiger partial charge in [-0.05, 0) is 13.0 Å². The largest absolute Gasteiger partial charge is 0.481 e. The molecule has 6 nitrogen and oxygen atoms in total. The molecule has 0 fully saturated rings. The third kappa shape index (κ3) is 4.01. The van der Waals surface area contributed by atoms with Crippen LogP contribution < -0.4 is 4.74 Å². The van der Waals surface area contributed by atoms with Gasteiger partial charge >= 0.3 is 5.97 Å². The Labute approximate surface area is 98.5 Å². The summed E-state index contributed by atoms with van der Waals surface area (Å²) >= 11 is 0. The maximum atomic E-state index is 10.4. The highest BCUT2D eigenvalue weighted by molar-refractivity contribution is 5.67. The first-order chi connectivity index (χ1) is 8.04. The number of hydrogen-bond acceptors (Lipinski definition) is 5. The first-order valence-corrected chi connectivity index (χ1v) is 5.21. The number of nitrogens with zero attached hydrogens (tertiary/aromatic N) is 1. The normalized spacial score (nSPS) is 14.1. The van der Waals surface area contributed by atoms with Gasteiger partial charge < -0.3 is 20.1 Å². The van der Waals surface area contributed by atoms with E-state index in [-0.39, 0.29) is 0 Å². The molecule has 0 aromatic carbocycles. The molecule has 0 aliphatic heterocycles. The van der Waals surface area contributed by atoms with Gasteiger partial charge in [0.1, 0.15) is 6.10 Å². The molecule has 0 aliphatic carbocycles. The Morgan fingerprint density at radius 1 is 1.47 bits per heavy atom. The summed E-state index contributed by atoms with van der Waals surface area (Å²) < 4.78 is 5.12. The summed E-state index contributed by atoms with van der Waals surface area (Å²) in [7, 11) is 0. The topological polar surface area (TPSA) is 99.9 Å². The molecule has 0 spiro atoms. The van der Waals surface area contributed by atoms with E-state index in [4.69, 9.17) is 9.84 Å². The van der Waals surface area contributed by atoms with Crippen molar-refractivity contribution in [2.24, 2.45) is 0 Å². The van der Waals surface area contributed by atoms with Crippen molar-refractivity contribution in [3.8, 4) is 5.88 Å². The number of aliphatic hydroxyl groups is 2. The van der Waals surface area contributed by atoms with Gasteiger partial charge in [0, 0.05) is 17.8 Å². The van der Waals surface area contributed by atoms with Crippen LogP contribution in [-0.4, -0.2) is 39.0 Å². The lowest BCUT2D eigenvalue weighted by Crippen LogP contribution is -2.21. The summed E-state index contributed by atoms with van der Waals surface area (Å²) in [5.74, 6) is -0.758. The van der Waals surface area contributed by atoms with Crippen LogP contribution in [0.15, 0.2) is 18.3 Å². The number of carboxylic acids is 1. The summed E-state index contributed by atoms with van der Waals surface area (Å²) in [5.41, 5.74) is 0.349. The Balaban J connectivity index is 2.68. The van der Waals surface area contributed by atoms with Crippen LogP contribution in [0, 0.1) is 0 Å². The third-order valence-corrected chi connectivity index (χ3v) is 2.14. The van der Waals surface area contributed by atoms with Gasteiger partial charge in [-0.15, -0.1) is 0 Å².